The Morgan fingerprint density at radius 1 is 1.17 bits per heavy atom. The van der Waals surface area contributed by atoms with Crippen LogP contribution in [0.4, 0.5) is 13.2 Å². The van der Waals surface area contributed by atoms with E-state index in [1.807, 2.05) is 0 Å². The Morgan fingerprint density at radius 3 is 2.33 bits per heavy atom. The van der Waals surface area contributed by atoms with Crippen molar-refractivity contribution in [1.82, 2.24) is 5.32 Å². The van der Waals surface area contributed by atoms with E-state index in [1.54, 1.807) is 0 Å². The zero-order valence-corrected chi connectivity index (χ0v) is 6.50. The molecule has 0 heterocycles. The third kappa shape index (κ3) is 1.58. The Bertz CT molecular complexity index is 286. The quantitative estimate of drug-likeness (QED) is 0.676. The Balaban J connectivity index is 3.14. The normalized spacial score (nSPS) is 10.3. The molecule has 1 rings (SSSR count). The molecule has 12 heavy (non-hydrogen) atoms. The second-order valence-electron chi connectivity index (χ2n) is 2.35. The smallest absolute Gasteiger partial charge is 0.166 e. The molecule has 0 atom stereocenters. The minimum Gasteiger partial charge on any atom is -0.315 e. The van der Waals surface area contributed by atoms with Crippen LogP contribution >= 0.6 is 0 Å². The summed E-state index contributed by atoms with van der Waals surface area (Å²) >= 11 is 0. The summed E-state index contributed by atoms with van der Waals surface area (Å²) in [6, 6.07) is 1.68. The van der Waals surface area contributed by atoms with Crippen molar-refractivity contribution >= 4 is 0 Å². The molecule has 0 saturated heterocycles. The molecule has 66 valence electrons. The van der Waals surface area contributed by atoms with E-state index in [0.717, 1.165) is 12.1 Å². The average molecular weight is 175 g/mol. The highest BCUT2D eigenvalue weighted by Crippen LogP contribution is 2.14. The molecule has 4 heteroatoms. The number of hydrogen-bond acceptors (Lipinski definition) is 1. The van der Waals surface area contributed by atoms with Crippen molar-refractivity contribution in [3.05, 3.63) is 35.1 Å². The van der Waals surface area contributed by atoms with Crippen LogP contribution in [0.5, 0.6) is 0 Å². The third-order valence-corrected chi connectivity index (χ3v) is 1.49. The second kappa shape index (κ2) is 3.58. The highest BCUT2D eigenvalue weighted by atomic mass is 19.2. The van der Waals surface area contributed by atoms with Crippen molar-refractivity contribution in [1.29, 1.82) is 0 Å². The van der Waals surface area contributed by atoms with Gasteiger partial charge in [0.25, 0.3) is 0 Å². The van der Waals surface area contributed by atoms with Crippen LogP contribution in [0.1, 0.15) is 5.56 Å². The lowest BCUT2D eigenvalue weighted by molar-refractivity contribution is 0.475. The Labute approximate surface area is 68.2 Å². The molecule has 0 saturated carbocycles. The zero-order valence-electron chi connectivity index (χ0n) is 6.50. The van der Waals surface area contributed by atoms with Crippen molar-refractivity contribution in [2.24, 2.45) is 0 Å². The summed E-state index contributed by atoms with van der Waals surface area (Å²) in [4.78, 5) is 0. The van der Waals surface area contributed by atoms with E-state index in [4.69, 9.17) is 0 Å². The zero-order chi connectivity index (χ0) is 9.14. The van der Waals surface area contributed by atoms with Gasteiger partial charge in [-0.15, -0.1) is 0 Å². The Kier molecular flexibility index (Phi) is 2.70. The summed E-state index contributed by atoms with van der Waals surface area (Å²) in [6.45, 7) is -0.0184. The first kappa shape index (κ1) is 9.06. The maximum Gasteiger partial charge on any atom is 0.166 e. The van der Waals surface area contributed by atoms with Crippen molar-refractivity contribution in [2.45, 2.75) is 6.54 Å². The van der Waals surface area contributed by atoms with Gasteiger partial charge in [0.15, 0.2) is 11.6 Å². The molecule has 0 aliphatic carbocycles. The summed E-state index contributed by atoms with van der Waals surface area (Å²) in [5, 5.41) is 2.55. The van der Waals surface area contributed by atoms with Crippen LogP contribution in [0.3, 0.4) is 0 Å². The van der Waals surface area contributed by atoms with Gasteiger partial charge < -0.3 is 5.32 Å². The number of hydrogen-bond donors (Lipinski definition) is 1. The molecular weight excluding hydrogens is 167 g/mol. The van der Waals surface area contributed by atoms with Crippen LogP contribution in [-0.2, 0) is 6.54 Å². The molecule has 1 aromatic carbocycles. The molecule has 0 fully saturated rings. The monoisotopic (exact) mass is 175 g/mol. The van der Waals surface area contributed by atoms with Crippen LogP contribution in [0, 0.1) is 17.5 Å². The van der Waals surface area contributed by atoms with Gasteiger partial charge in [0.2, 0.25) is 0 Å². The fourth-order valence-corrected chi connectivity index (χ4v) is 0.908. The highest BCUT2D eigenvalue weighted by Gasteiger charge is 2.11. The lowest BCUT2D eigenvalue weighted by atomic mass is 10.2. The van der Waals surface area contributed by atoms with E-state index in [2.05, 4.69) is 5.32 Å². The van der Waals surface area contributed by atoms with Crippen LogP contribution in [0.25, 0.3) is 0 Å². The van der Waals surface area contributed by atoms with Gasteiger partial charge in [-0.1, -0.05) is 0 Å². The van der Waals surface area contributed by atoms with E-state index in [9.17, 15) is 13.2 Å². The van der Waals surface area contributed by atoms with Crippen LogP contribution in [0.15, 0.2) is 12.1 Å². The molecule has 0 aliphatic rings. The van der Waals surface area contributed by atoms with Gasteiger partial charge in [-0.2, -0.15) is 0 Å². The number of nitrogens with one attached hydrogen (secondary N) is 1. The Morgan fingerprint density at radius 2 is 1.75 bits per heavy atom. The van der Waals surface area contributed by atoms with E-state index in [0.29, 0.717) is 0 Å². The van der Waals surface area contributed by atoms with Crippen LogP contribution in [-0.4, -0.2) is 7.05 Å². The maximum absolute atomic E-state index is 12.8. The Hall–Kier alpha value is -1.03. The molecule has 0 aromatic heterocycles. The first-order valence-corrected chi connectivity index (χ1v) is 3.43. The van der Waals surface area contributed by atoms with Gasteiger partial charge in [-0.3, -0.25) is 0 Å². The van der Waals surface area contributed by atoms with Gasteiger partial charge in [-0.25, -0.2) is 13.2 Å². The average Bonchev–Trinajstić information content (AvgIpc) is 2.06. The minimum absolute atomic E-state index is 0.0184. The van der Waals surface area contributed by atoms with Crippen LogP contribution < -0.4 is 5.32 Å². The lowest BCUT2D eigenvalue weighted by Crippen LogP contribution is -2.10. The topological polar surface area (TPSA) is 12.0 Å². The molecule has 0 unspecified atom stereocenters. The first-order chi connectivity index (χ1) is 5.66. The van der Waals surface area contributed by atoms with Crippen LogP contribution in [0.2, 0.25) is 0 Å². The predicted molar refractivity (Wildman–Crippen MR) is 39.1 cm³/mol. The summed E-state index contributed by atoms with van der Waals surface area (Å²) in [6.07, 6.45) is 0. The fourth-order valence-electron chi connectivity index (χ4n) is 0.908. The molecule has 1 aromatic rings. The summed E-state index contributed by atoms with van der Waals surface area (Å²) < 4.78 is 38.1. The van der Waals surface area contributed by atoms with Crippen molar-refractivity contribution in [2.75, 3.05) is 7.05 Å². The maximum atomic E-state index is 12.8. The van der Waals surface area contributed by atoms with Crippen molar-refractivity contribution in [3.8, 4) is 0 Å². The van der Waals surface area contributed by atoms with Crippen molar-refractivity contribution < 1.29 is 13.2 Å². The molecule has 1 nitrogen and oxygen atoms in total. The SMILES string of the molecule is CNCc1c(F)ccc(F)c1F. The molecule has 0 radical (unpaired) electrons. The molecule has 0 spiro atoms. The highest BCUT2D eigenvalue weighted by molar-refractivity contribution is 5.20. The van der Waals surface area contributed by atoms with Gasteiger partial charge in [-0.05, 0) is 19.2 Å². The van der Waals surface area contributed by atoms with Crippen molar-refractivity contribution in [3.63, 3.8) is 0 Å². The molecule has 1 N–H and O–H groups in total. The fraction of sp³-hybridized carbons (Fsp3) is 0.250. The molecular formula is C8H8F3N. The van der Waals surface area contributed by atoms with E-state index < -0.39 is 17.5 Å². The van der Waals surface area contributed by atoms with Gasteiger partial charge in [0.1, 0.15) is 5.82 Å². The first-order valence-electron chi connectivity index (χ1n) is 3.43. The third-order valence-electron chi connectivity index (χ3n) is 1.49. The van der Waals surface area contributed by atoms with E-state index in [-0.39, 0.29) is 12.1 Å². The molecule has 0 bridgehead atoms. The van der Waals surface area contributed by atoms with Gasteiger partial charge in [0, 0.05) is 12.1 Å². The largest absolute Gasteiger partial charge is 0.315 e. The summed E-state index contributed by atoms with van der Waals surface area (Å²) in [5.41, 5.74) is -0.266. The minimum atomic E-state index is -1.12. The van der Waals surface area contributed by atoms with Gasteiger partial charge >= 0.3 is 0 Å². The number of rotatable bonds is 2. The standard InChI is InChI=1S/C8H8F3N/c1-12-4-5-6(9)2-3-7(10)8(5)11/h2-3,12H,4H2,1H3. The lowest BCUT2D eigenvalue weighted by Gasteiger charge is -2.03. The second-order valence-corrected chi connectivity index (χ2v) is 2.35. The predicted octanol–water partition coefficient (Wildman–Crippen LogP) is 1.82. The number of benzene rings is 1. The van der Waals surface area contributed by atoms with E-state index in [1.165, 1.54) is 7.05 Å². The summed E-state index contributed by atoms with van der Waals surface area (Å²) in [5.74, 6) is -2.88. The summed E-state index contributed by atoms with van der Waals surface area (Å²) in [7, 11) is 1.53. The number of halogens is 3. The molecule has 0 aliphatic heterocycles. The van der Waals surface area contributed by atoms with E-state index >= 15 is 0 Å². The molecule has 0 amide bonds. The van der Waals surface area contributed by atoms with Gasteiger partial charge in [0.05, 0.1) is 0 Å².